The second-order valence-electron chi connectivity index (χ2n) is 7.15. The van der Waals surface area contributed by atoms with Crippen molar-refractivity contribution in [3.8, 4) is 11.5 Å². The largest absolute Gasteiger partial charge is 0.493 e. The van der Waals surface area contributed by atoms with Crippen LogP contribution in [0.15, 0.2) is 81.9 Å². The van der Waals surface area contributed by atoms with Crippen molar-refractivity contribution in [3.63, 3.8) is 0 Å². The number of hydrogen-bond donors (Lipinski definition) is 0. The second kappa shape index (κ2) is 9.59. The predicted molar refractivity (Wildman–Crippen MR) is 131 cm³/mol. The third kappa shape index (κ3) is 4.71. The van der Waals surface area contributed by atoms with Gasteiger partial charge in [-0.1, -0.05) is 57.9 Å². The summed E-state index contributed by atoms with van der Waals surface area (Å²) in [4.78, 5) is 13.0. The van der Waals surface area contributed by atoms with Gasteiger partial charge in [0.1, 0.15) is 6.61 Å². The SMILES string of the molecule is COc1cc(/C=C2/C(=O)N(c3ccccc3)N=C2C)cc(Cl)c1OCc1ccc(Br)cc1. The van der Waals surface area contributed by atoms with Crippen molar-refractivity contribution in [2.24, 2.45) is 5.10 Å². The molecule has 32 heavy (non-hydrogen) atoms. The molecule has 3 aromatic rings. The number of nitrogens with zero attached hydrogens (tertiary/aromatic N) is 2. The maximum absolute atomic E-state index is 13.0. The van der Waals surface area contributed by atoms with Crippen molar-refractivity contribution in [2.75, 3.05) is 12.1 Å². The highest BCUT2D eigenvalue weighted by Crippen LogP contribution is 2.38. The van der Waals surface area contributed by atoms with Crippen LogP contribution in [0.4, 0.5) is 5.69 Å². The number of para-hydroxylation sites is 1. The topological polar surface area (TPSA) is 51.1 Å². The molecular weight excluding hydrogens is 492 g/mol. The van der Waals surface area contributed by atoms with E-state index in [2.05, 4.69) is 21.0 Å². The Morgan fingerprint density at radius 1 is 1.09 bits per heavy atom. The first-order chi connectivity index (χ1) is 15.5. The van der Waals surface area contributed by atoms with Gasteiger partial charge < -0.3 is 9.47 Å². The molecule has 0 fully saturated rings. The van der Waals surface area contributed by atoms with Crippen LogP contribution in [0, 0.1) is 0 Å². The number of ether oxygens (including phenoxy) is 2. The van der Waals surface area contributed by atoms with E-state index >= 15 is 0 Å². The Morgan fingerprint density at radius 3 is 2.50 bits per heavy atom. The molecule has 4 rings (SSSR count). The summed E-state index contributed by atoms with van der Waals surface area (Å²) in [6, 6.07) is 20.7. The standard InChI is InChI=1S/C25H20BrClN2O3/c1-16-21(25(30)29(28-16)20-6-4-3-5-7-20)12-18-13-22(27)24(23(14-18)31-2)32-15-17-8-10-19(26)11-9-17/h3-14H,15H2,1-2H3/b21-12+. The van der Waals surface area contributed by atoms with Crippen LogP contribution in [0.2, 0.25) is 5.02 Å². The summed E-state index contributed by atoms with van der Waals surface area (Å²) in [6.45, 7) is 2.15. The van der Waals surface area contributed by atoms with Gasteiger partial charge in [-0.15, -0.1) is 0 Å². The molecule has 0 saturated heterocycles. The molecule has 0 bridgehead atoms. The molecule has 0 unspecified atom stereocenters. The fraction of sp³-hybridized carbons (Fsp3) is 0.120. The monoisotopic (exact) mass is 510 g/mol. The summed E-state index contributed by atoms with van der Waals surface area (Å²) in [7, 11) is 1.56. The minimum Gasteiger partial charge on any atom is -0.493 e. The number of hydrogen-bond acceptors (Lipinski definition) is 4. The Balaban J connectivity index is 1.59. The van der Waals surface area contributed by atoms with E-state index in [9.17, 15) is 4.79 Å². The number of amides is 1. The number of hydrazone groups is 1. The normalized spacial score (nSPS) is 14.6. The lowest BCUT2D eigenvalue weighted by Gasteiger charge is -2.14. The number of methoxy groups -OCH3 is 1. The van der Waals surface area contributed by atoms with Crippen LogP contribution in [-0.2, 0) is 11.4 Å². The maximum Gasteiger partial charge on any atom is 0.280 e. The highest BCUT2D eigenvalue weighted by atomic mass is 79.9. The van der Waals surface area contributed by atoms with Crippen molar-refractivity contribution in [3.05, 3.63) is 92.9 Å². The van der Waals surface area contributed by atoms with Crippen molar-refractivity contribution < 1.29 is 14.3 Å². The lowest BCUT2D eigenvalue weighted by molar-refractivity contribution is -0.114. The third-order valence-corrected chi connectivity index (χ3v) is 5.73. The fourth-order valence-electron chi connectivity index (χ4n) is 3.29. The zero-order chi connectivity index (χ0) is 22.7. The minimum absolute atomic E-state index is 0.195. The molecule has 1 aliphatic rings. The van der Waals surface area contributed by atoms with Crippen LogP contribution in [0.25, 0.3) is 6.08 Å². The first kappa shape index (κ1) is 22.1. The van der Waals surface area contributed by atoms with Crippen molar-refractivity contribution >= 4 is 50.9 Å². The van der Waals surface area contributed by atoms with E-state index in [4.69, 9.17) is 21.1 Å². The average molecular weight is 512 g/mol. The number of rotatable bonds is 6. The van der Waals surface area contributed by atoms with Crippen LogP contribution in [-0.4, -0.2) is 18.7 Å². The van der Waals surface area contributed by atoms with Gasteiger partial charge in [-0.25, -0.2) is 0 Å². The summed E-state index contributed by atoms with van der Waals surface area (Å²) in [5.74, 6) is 0.744. The molecule has 0 aromatic heterocycles. The molecule has 0 radical (unpaired) electrons. The van der Waals surface area contributed by atoms with E-state index in [-0.39, 0.29) is 5.91 Å². The van der Waals surface area contributed by atoms with Gasteiger partial charge in [0.2, 0.25) is 0 Å². The predicted octanol–water partition coefficient (Wildman–Crippen LogP) is 6.50. The molecule has 0 aliphatic carbocycles. The van der Waals surface area contributed by atoms with Gasteiger partial charge in [-0.2, -0.15) is 10.1 Å². The van der Waals surface area contributed by atoms with E-state index < -0.39 is 0 Å². The highest BCUT2D eigenvalue weighted by Gasteiger charge is 2.28. The molecule has 1 amide bonds. The Hall–Kier alpha value is -3.09. The summed E-state index contributed by atoms with van der Waals surface area (Å²) < 4.78 is 12.4. The van der Waals surface area contributed by atoms with Crippen LogP contribution >= 0.6 is 27.5 Å². The van der Waals surface area contributed by atoms with Gasteiger partial charge in [0.15, 0.2) is 11.5 Å². The molecule has 0 atom stereocenters. The zero-order valence-electron chi connectivity index (χ0n) is 17.5. The number of halogens is 2. The van der Waals surface area contributed by atoms with Gasteiger partial charge in [0.05, 0.1) is 29.1 Å². The molecule has 0 N–H and O–H groups in total. The Labute approximate surface area is 200 Å². The number of carbonyl (C=O) groups excluding carboxylic acids is 1. The summed E-state index contributed by atoms with van der Waals surface area (Å²) in [5, 5.41) is 6.20. The number of benzene rings is 3. The number of carbonyl (C=O) groups is 1. The number of anilines is 1. The molecule has 7 heteroatoms. The molecule has 5 nitrogen and oxygen atoms in total. The van der Waals surface area contributed by atoms with Crippen molar-refractivity contribution in [1.29, 1.82) is 0 Å². The van der Waals surface area contributed by atoms with Crippen molar-refractivity contribution in [1.82, 2.24) is 0 Å². The lowest BCUT2D eigenvalue weighted by Crippen LogP contribution is -2.21. The first-order valence-electron chi connectivity index (χ1n) is 9.88. The Morgan fingerprint density at radius 2 is 1.81 bits per heavy atom. The Kier molecular flexibility index (Phi) is 6.63. The second-order valence-corrected chi connectivity index (χ2v) is 8.47. The smallest absolute Gasteiger partial charge is 0.280 e. The van der Waals surface area contributed by atoms with Gasteiger partial charge in [0.25, 0.3) is 5.91 Å². The quantitative estimate of drug-likeness (QED) is 0.355. The molecule has 0 saturated carbocycles. The van der Waals surface area contributed by atoms with E-state index in [1.54, 1.807) is 32.2 Å². The van der Waals surface area contributed by atoms with Gasteiger partial charge in [0, 0.05) is 4.47 Å². The van der Waals surface area contributed by atoms with Gasteiger partial charge in [-0.05, 0) is 60.5 Å². The van der Waals surface area contributed by atoms with Crippen LogP contribution in [0.3, 0.4) is 0 Å². The van der Waals surface area contributed by atoms with Crippen LogP contribution < -0.4 is 14.5 Å². The van der Waals surface area contributed by atoms with E-state index in [1.165, 1.54) is 5.01 Å². The average Bonchev–Trinajstić information content (AvgIpc) is 3.08. The third-order valence-electron chi connectivity index (χ3n) is 4.92. The van der Waals surface area contributed by atoms with E-state index in [0.29, 0.717) is 40.1 Å². The molecule has 0 spiro atoms. The summed E-state index contributed by atoms with van der Waals surface area (Å²) >= 11 is 9.94. The molecule has 1 heterocycles. The molecule has 3 aromatic carbocycles. The van der Waals surface area contributed by atoms with Crippen LogP contribution in [0.5, 0.6) is 11.5 Å². The molecule has 1 aliphatic heterocycles. The van der Waals surface area contributed by atoms with Crippen LogP contribution in [0.1, 0.15) is 18.1 Å². The lowest BCUT2D eigenvalue weighted by atomic mass is 10.1. The maximum atomic E-state index is 13.0. The van der Waals surface area contributed by atoms with E-state index in [0.717, 1.165) is 15.6 Å². The van der Waals surface area contributed by atoms with Crippen molar-refractivity contribution in [2.45, 2.75) is 13.5 Å². The van der Waals surface area contributed by atoms with Gasteiger partial charge >= 0.3 is 0 Å². The fourth-order valence-corrected chi connectivity index (χ4v) is 3.83. The van der Waals surface area contributed by atoms with Gasteiger partial charge in [-0.3, -0.25) is 4.79 Å². The first-order valence-corrected chi connectivity index (χ1v) is 11.0. The van der Waals surface area contributed by atoms with E-state index in [1.807, 2.05) is 54.6 Å². The minimum atomic E-state index is -0.195. The highest BCUT2D eigenvalue weighted by molar-refractivity contribution is 9.10. The molecule has 162 valence electrons. The molecular formula is C25H20BrClN2O3. The Bertz CT molecular complexity index is 1210. The zero-order valence-corrected chi connectivity index (χ0v) is 19.9. The summed E-state index contributed by atoms with van der Waals surface area (Å²) in [6.07, 6.45) is 1.76. The summed E-state index contributed by atoms with van der Waals surface area (Å²) in [5.41, 5.74) is 3.56.